The van der Waals surface area contributed by atoms with Crippen molar-refractivity contribution in [3.63, 3.8) is 0 Å². The average molecular weight is 499 g/mol. The van der Waals surface area contributed by atoms with Gasteiger partial charge in [-0.05, 0) is 34.6 Å². The van der Waals surface area contributed by atoms with Crippen LogP contribution in [0.3, 0.4) is 0 Å². The molecule has 184 valence electrons. The standard InChI is InChI=1S/C30H30N2O3S/c1-20(2)22-13-15-23(16-14-22)25-11-7-8-12-26(25)27-19-36-30(31-27)32(3)29(35)24(18-28(33)34)17-21-9-5-4-6-10-21/h4-16,19-20,24H,17-18H2,1-3H3,(H,33,34)/t24-/m1/s1. The smallest absolute Gasteiger partial charge is 0.304 e. The number of nitrogens with zero attached hydrogens (tertiary/aromatic N) is 2. The van der Waals surface area contributed by atoms with E-state index in [2.05, 4.69) is 44.2 Å². The molecule has 1 atom stereocenters. The van der Waals surface area contributed by atoms with E-state index in [9.17, 15) is 14.7 Å². The van der Waals surface area contributed by atoms with E-state index in [1.165, 1.54) is 21.8 Å². The van der Waals surface area contributed by atoms with Crippen molar-refractivity contribution >= 4 is 28.3 Å². The molecule has 0 saturated carbocycles. The Morgan fingerprint density at radius 3 is 2.19 bits per heavy atom. The summed E-state index contributed by atoms with van der Waals surface area (Å²) in [6.45, 7) is 4.36. The molecule has 0 unspecified atom stereocenters. The highest BCUT2D eigenvalue weighted by Gasteiger charge is 2.27. The lowest BCUT2D eigenvalue weighted by Gasteiger charge is -2.21. The van der Waals surface area contributed by atoms with Gasteiger partial charge in [-0.3, -0.25) is 14.5 Å². The van der Waals surface area contributed by atoms with Gasteiger partial charge in [-0.2, -0.15) is 0 Å². The molecule has 0 bridgehead atoms. The molecular weight excluding hydrogens is 468 g/mol. The Labute approximate surface area is 216 Å². The molecule has 1 amide bonds. The van der Waals surface area contributed by atoms with Crippen molar-refractivity contribution in [3.05, 3.63) is 95.4 Å². The Kier molecular flexibility index (Phi) is 7.96. The minimum atomic E-state index is -0.991. The molecule has 4 rings (SSSR count). The highest BCUT2D eigenvalue weighted by Crippen LogP contribution is 2.35. The molecule has 0 aliphatic carbocycles. The van der Waals surface area contributed by atoms with Gasteiger partial charge < -0.3 is 5.11 Å². The van der Waals surface area contributed by atoms with Gasteiger partial charge >= 0.3 is 5.97 Å². The number of aromatic nitrogens is 1. The van der Waals surface area contributed by atoms with Gasteiger partial charge in [-0.1, -0.05) is 92.7 Å². The second-order valence-corrected chi connectivity index (χ2v) is 10.1. The Morgan fingerprint density at radius 1 is 0.917 bits per heavy atom. The number of carbonyl (C=O) groups excluding carboxylic acids is 1. The summed E-state index contributed by atoms with van der Waals surface area (Å²) in [5, 5.41) is 11.9. The largest absolute Gasteiger partial charge is 0.481 e. The lowest BCUT2D eigenvalue weighted by Crippen LogP contribution is -2.35. The van der Waals surface area contributed by atoms with Crippen LogP contribution in [0, 0.1) is 5.92 Å². The number of carbonyl (C=O) groups is 2. The Balaban J connectivity index is 1.59. The first-order valence-corrected chi connectivity index (χ1v) is 12.9. The Bertz CT molecular complexity index is 1330. The monoisotopic (exact) mass is 498 g/mol. The predicted molar refractivity (Wildman–Crippen MR) is 146 cm³/mol. The van der Waals surface area contributed by atoms with Gasteiger partial charge in [0.05, 0.1) is 18.0 Å². The molecule has 0 fully saturated rings. The molecule has 0 radical (unpaired) electrons. The summed E-state index contributed by atoms with van der Waals surface area (Å²) in [7, 11) is 1.67. The van der Waals surface area contributed by atoms with Crippen LogP contribution in [0.2, 0.25) is 0 Å². The predicted octanol–water partition coefficient (Wildman–Crippen LogP) is 6.90. The minimum Gasteiger partial charge on any atom is -0.481 e. The maximum Gasteiger partial charge on any atom is 0.304 e. The molecule has 6 heteroatoms. The molecular formula is C30H30N2O3S. The van der Waals surface area contributed by atoms with E-state index in [0.717, 1.165) is 27.9 Å². The molecule has 3 aromatic carbocycles. The number of benzene rings is 3. The molecule has 1 aromatic heterocycles. The van der Waals surface area contributed by atoms with E-state index >= 15 is 0 Å². The molecule has 1 N–H and O–H groups in total. The SMILES string of the molecule is CC(C)c1ccc(-c2ccccc2-c2csc(N(C)C(=O)[C@@H](CC(=O)O)Cc3ccccc3)n2)cc1. The number of amides is 1. The maximum atomic E-state index is 13.3. The van der Waals surface area contributed by atoms with Gasteiger partial charge in [-0.25, -0.2) is 4.98 Å². The number of aliphatic carboxylic acids is 1. The molecule has 4 aromatic rings. The van der Waals surface area contributed by atoms with Crippen LogP contribution in [0.15, 0.2) is 84.2 Å². The number of carboxylic acids is 1. The van der Waals surface area contributed by atoms with Crippen LogP contribution in [0.4, 0.5) is 5.13 Å². The van der Waals surface area contributed by atoms with Crippen LogP contribution in [0.25, 0.3) is 22.4 Å². The number of rotatable bonds is 9. The van der Waals surface area contributed by atoms with Gasteiger partial charge in [0, 0.05) is 18.0 Å². The molecule has 5 nitrogen and oxygen atoms in total. The number of hydrogen-bond acceptors (Lipinski definition) is 4. The summed E-state index contributed by atoms with van der Waals surface area (Å²) in [6, 6.07) is 26.2. The van der Waals surface area contributed by atoms with Crippen LogP contribution >= 0.6 is 11.3 Å². The Morgan fingerprint density at radius 2 is 1.56 bits per heavy atom. The van der Waals surface area contributed by atoms with Crippen molar-refractivity contribution in [3.8, 4) is 22.4 Å². The zero-order valence-electron chi connectivity index (χ0n) is 20.7. The fourth-order valence-corrected chi connectivity index (χ4v) is 5.07. The zero-order valence-corrected chi connectivity index (χ0v) is 21.5. The minimum absolute atomic E-state index is 0.231. The molecule has 36 heavy (non-hydrogen) atoms. The van der Waals surface area contributed by atoms with E-state index in [-0.39, 0.29) is 12.3 Å². The van der Waals surface area contributed by atoms with Crippen molar-refractivity contribution in [2.24, 2.45) is 5.92 Å². The van der Waals surface area contributed by atoms with Crippen molar-refractivity contribution in [2.45, 2.75) is 32.6 Å². The van der Waals surface area contributed by atoms with Gasteiger partial charge in [0.2, 0.25) is 5.91 Å². The fraction of sp³-hybridized carbons (Fsp3) is 0.233. The van der Waals surface area contributed by atoms with E-state index < -0.39 is 11.9 Å². The van der Waals surface area contributed by atoms with Gasteiger partial charge in [0.25, 0.3) is 0 Å². The third-order valence-electron chi connectivity index (χ3n) is 6.30. The Hall–Kier alpha value is -3.77. The van der Waals surface area contributed by atoms with Gasteiger partial charge in [0.1, 0.15) is 0 Å². The van der Waals surface area contributed by atoms with Crippen molar-refractivity contribution in [1.82, 2.24) is 4.98 Å². The summed E-state index contributed by atoms with van der Waals surface area (Å²) in [5.41, 5.74) is 6.19. The third-order valence-corrected chi connectivity index (χ3v) is 7.21. The molecule has 0 spiro atoms. The van der Waals surface area contributed by atoms with Crippen LogP contribution < -0.4 is 4.90 Å². The van der Waals surface area contributed by atoms with E-state index in [4.69, 9.17) is 4.98 Å². The lowest BCUT2D eigenvalue weighted by molar-refractivity contribution is -0.140. The van der Waals surface area contributed by atoms with Crippen LogP contribution in [-0.4, -0.2) is 29.0 Å². The highest BCUT2D eigenvalue weighted by atomic mass is 32.1. The van der Waals surface area contributed by atoms with Crippen molar-refractivity contribution in [1.29, 1.82) is 0 Å². The summed E-state index contributed by atoms with van der Waals surface area (Å²) >= 11 is 1.38. The number of thiazole rings is 1. The molecule has 0 aliphatic heterocycles. The first-order chi connectivity index (χ1) is 17.3. The van der Waals surface area contributed by atoms with Crippen molar-refractivity contribution in [2.75, 3.05) is 11.9 Å². The number of carboxylic acid groups (broad SMARTS) is 1. The van der Waals surface area contributed by atoms with E-state index in [1.54, 1.807) is 7.05 Å². The molecule has 0 aliphatic rings. The average Bonchev–Trinajstić information content (AvgIpc) is 3.38. The lowest BCUT2D eigenvalue weighted by atomic mass is 9.95. The normalized spacial score (nSPS) is 11.9. The summed E-state index contributed by atoms with van der Waals surface area (Å²) in [6.07, 6.45) is 0.134. The van der Waals surface area contributed by atoms with Crippen molar-refractivity contribution < 1.29 is 14.7 Å². The summed E-state index contributed by atoms with van der Waals surface area (Å²) in [4.78, 5) is 31.1. The topological polar surface area (TPSA) is 70.5 Å². The quantitative estimate of drug-likeness (QED) is 0.273. The maximum absolute atomic E-state index is 13.3. The fourth-order valence-electron chi connectivity index (χ4n) is 4.27. The second kappa shape index (κ2) is 11.3. The van der Waals surface area contributed by atoms with E-state index in [1.807, 2.05) is 53.9 Å². The second-order valence-electron chi connectivity index (χ2n) is 9.22. The number of hydrogen-bond donors (Lipinski definition) is 1. The first kappa shape index (κ1) is 25.3. The van der Waals surface area contributed by atoms with Gasteiger partial charge in [0.15, 0.2) is 5.13 Å². The van der Waals surface area contributed by atoms with Crippen LogP contribution in [0.5, 0.6) is 0 Å². The molecule has 0 saturated heterocycles. The highest BCUT2D eigenvalue weighted by molar-refractivity contribution is 7.14. The third kappa shape index (κ3) is 5.89. The summed E-state index contributed by atoms with van der Waals surface area (Å²) < 4.78 is 0. The van der Waals surface area contributed by atoms with Crippen LogP contribution in [0.1, 0.15) is 37.3 Å². The summed E-state index contributed by atoms with van der Waals surface area (Å²) in [5.74, 6) is -1.45. The molecule has 1 heterocycles. The number of anilines is 1. The van der Waals surface area contributed by atoms with E-state index in [0.29, 0.717) is 17.5 Å². The van der Waals surface area contributed by atoms with Crippen LogP contribution in [-0.2, 0) is 16.0 Å². The first-order valence-electron chi connectivity index (χ1n) is 12.0. The van der Waals surface area contributed by atoms with Gasteiger partial charge in [-0.15, -0.1) is 11.3 Å². The zero-order chi connectivity index (χ0) is 25.7.